The number of nitrogens with one attached hydrogen (secondary N) is 1. The largest absolute Gasteiger partial charge is 0.370 e. The molecule has 0 saturated carbocycles. The van der Waals surface area contributed by atoms with Crippen LogP contribution in [-0.4, -0.2) is 63.1 Å². The lowest BCUT2D eigenvalue weighted by molar-refractivity contribution is -0.00833. The van der Waals surface area contributed by atoms with Crippen LogP contribution in [0.3, 0.4) is 0 Å². The Kier molecular flexibility index (Phi) is 6.69. The summed E-state index contributed by atoms with van der Waals surface area (Å²) >= 11 is 0. The first-order chi connectivity index (χ1) is 12.2. The summed E-state index contributed by atoms with van der Waals surface area (Å²) in [5, 5.41) is 3.29. The van der Waals surface area contributed by atoms with Crippen molar-refractivity contribution in [3.05, 3.63) is 35.4 Å². The third-order valence-corrected chi connectivity index (χ3v) is 6.99. The van der Waals surface area contributed by atoms with E-state index in [2.05, 4.69) is 34.3 Å². The van der Waals surface area contributed by atoms with E-state index in [1.807, 2.05) is 19.1 Å². The highest BCUT2D eigenvalue weighted by atomic mass is 32.2. The summed E-state index contributed by atoms with van der Waals surface area (Å²) in [6.07, 6.45) is 1.25. The quantitative estimate of drug-likeness (QED) is 0.625. The number of hydrogen-bond acceptors (Lipinski definition) is 4. The van der Waals surface area contributed by atoms with E-state index < -0.39 is 14.6 Å². The van der Waals surface area contributed by atoms with Gasteiger partial charge in [-0.05, 0) is 38.8 Å². The number of sulfone groups is 1. The number of hydrogen-bond donors (Lipinski definition) is 1. The summed E-state index contributed by atoms with van der Waals surface area (Å²) < 4.78 is 29.0. The van der Waals surface area contributed by atoms with Gasteiger partial charge in [-0.1, -0.05) is 24.3 Å². The molecular weight excluding hydrogens is 350 g/mol. The van der Waals surface area contributed by atoms with E-state index in [1.54, 1.807) is 13.8 Å². The van der Waals surface area contributed by atoms with Gasteiger partial charge in [0.15, 0.2) is 15.8 Å². The van der Waals surface area contributed by atoms with Crippen LogP contribution in [0, 0.1) is 6.92 Å². The van der Waals surface area contributed by atoms with Gasteiger partial charge in [0.05, 0.1) is 24.4 Å². The maximum absolute atomic E-state index is 12.0. The Morgan fingerprint density at radius 3 is 2.69 bits per heavy atom. The predicted molar refractivity (Wildman–Crippen MR) is 106 cm³/mol. The zero-order valence-corrected chi connectivity index (χ0v) is 17.3. The van der Waals surface area contributed by atoms with Crippen molar-refractivity contribution < 1.29 is 13.2 Å². The van der Waals surface area contributed by atoms with Crippen molar-refractivity contribution in [3.8, 4) is 0 Å². The van der Waals surface area contributed by atoms with E-state index in [0.717, 1.165) is 19.0 Å². The maximum Gasteiger partial charge on any atom is 0.194 e. The second kappa shape index (κ2) is 8.39. The smallest absolute Gasteiger partial charge is 0.194 e. The van der Waals surface area contributed by atoms with Crippen molar-refractivity contribution in [1.29, 1.82) is 0 Å². The van der Waals surface area contributed by atoms with Crippen molar-refractivity contribution in [2.75, 3.05) is 39.0 Å². The summed E-state index contributed by atoms with van der Waals surface area (Å²) in [6.45, 7) is 10.5. The van der Waals surface area contributed by atoms with E-state index in [1.165, 1.54) is 17.4 Å². The molecule has 26 heavy (non-hydrogen) atoms. The Labute approximate surface area is 157 Å². The average Bonchev–Trinajstić information content (AvgIpc) is 2.58. The van der Waals surface area contributed by atoms with Gasteiger partial charge >= 0.3 is 0 Å². The normalized spacial score (nSPS) is 19.5. The summed E-state index contributed by atoms with van der Waals surface area (Å²) in [4.78, 5) is 6.78. The number of aryl methyl sites for hydroxylation is 1. The minimum Gasteiger partial charge on any atom is -0.370 e. The summed E-state index contributed by atoms with van der Waals surface area (Å²) in [7, 11) is -3.18. The van der Waals surface area contributed by atoms with Crippen LogP contribution in [0.15, 0.2) is 29.3 Å². The van der Waals surface area contributed by atoms with Crippen LogP contribution in [0.5, 0.6) is 0 Å². The number of rotatable bonds is 5. The molecular formula is C19H31N3O3S. The van der Waals surface area contributed by atoms with Gasteiger partial charge in [0.1, 0.15) is 6.10 Å². The fourth-order valence-corrected chi connectivity index (χ4v) is 3.09. The molecule has 1 aromatic rings. The predicted octanol–water partition coefficient (Wildman–Crippen LogP) is 2.16. The average molecular weight is 382 g/mol. The Balaban J connectivity index is 2.19. The fraction of sp³-hybridized carbons (Fsp3) is 0.632. The molecule has 0 amide bonds. The topological polar surface area (TPSA) is 71.0 Å². The van der Waals surface area contributed by atoms with E-state index in [-0.39, 0.29) is 12.6 Å². The Morgan fingerprint density at radius 2 is 2.08 bits per heavy atom. The first-order valence-corrected chi connectivity index (χ1v) is 10.9. The number of benzene rings is 1. The minimum absolute atomic E-state index is 0.0169. The van der Waals surface area contributed by atoms with E-state index in [4.69, 9.17) is 4.74 Å². The molecule has 1 aromatic carbocycles. The Morgan fingerprint density at radius 1 is 1.38 bits per heavy atom. The van der Waals surface area contributed by atoms with Gasteiger partial charge in [-0.2, -0.15) is 0 Å². The minimum atomic E-state index is -3.18. The molecule has 1 unspecified atom stereocenters. The summed E-state index contributed by atoms with van der Waals surface area (Å²) in [5.41, 5.74) is 2.39. The van der Waals surface area contributed by atoms with Crippen molar-refractivity contribution in [2.24, 2.45) is 4.99 Å². The zero-order chi connectivity index (χ0) is 19.4. The zero-order valence-electron chi connectivity index (χ0n) is 16.4. The van der Waals surface area contributed by atoms with Gasteiger partial charge in [-0.15, -0.1) is 0 Å². The number of ether oxygens (including phenoxy) is 1. The molecule has 146 valence electrons. The first kappa shape index (κ1) is 20.7. The third-order valence-electron chi connectivity index (χ3n) is 4.85. The number of guanidine groups is 1. The molecule has 0 spiro atoms. The fourth-order valence-electron chi connectivity index (χ4n) is 2.79. The van der Waals surface area contributed by atoms with Gasteiger partial charge in [0, 0.05) is 19.3 Å². The first-order valence-electron chi connectivity index (χ1n) is 9.05. The molecule has 0 radical (unpaired) electrons. The van der Waals surface area contributed by atoms with Gasteiger partial charge in [0.2, 0.25) is 0 Å². The van der Waals surface area contributed by atoms with Gasteiger partial charge in [-0.3, -0.25) is 4.99 Å². The third kappa shape index (κ3) is 4.98. The van der Waals surface area contributed by atoms with E-state index in [0.29, 0.717) is 13.2 Å². The van der Waals surface area contributed by atoms with Gasteiger partial charge < -0.3 is 15.0 Å². The molecule has 1 N–H and O–H groups in total. The molecule has 0 aromatic heterocycles. The SMILES string of the molecule is CCNC(=NCC(C)(C)S(C)(=O)=O)N1CCOC(c2ccccc2C)C1. The monoisotopic (exact) mass is 381 g/mol. The molecule has 1 fully saturated rings. The van der Waals surface area contributed by atoms with Crippen LogP contribution in [0.25, 0.3) is 0 Å². The highest BCUT2D eigenvalue weighted by Crippen LogP contribution is 2.25. The second-order valence-corrected chi connectivity index (χ2v) is 10.0. The number of aliphatic imine (C=N–C) groups is 1. The van der Waals surface area contributed by atoms with Crippen molar-refractivity contribution in [3.63, 3.8) is 0 Å². The summed E-state index contributed by atoms with van der Waals surface area (Å²) in [5.74, 6) is 0.742. The molecule has 0 aliphatic carbocycles. The van der Waals surface area contributed by atoms with Crippen molar-refractivity contribution in [2.45, 2.75) is 38.5 Å². The van der Waals surface area contributed by atoms with Crippen LogP contribution in [0.4, 0.5) is 0 Å². The molecule has 1 atom stereocenters. The lowest BCUT2D eigenvalue weighted by Crippen LogP contribution is -2.49. The number of nitrogens with zero attached hydrogens (tertiary/aromatic N) is 2. The van der Waals surface area contributed by atoms with E-state index in [9.17, 15) is 8.42 Å². The van der Waals surface area contributed by atoms with Crippen LogP contribution >= 0.6 is 0 Å². The van der Waals surface area contributed by atoms with Gasteiger partial charge in [0.25, 0.3) is 0 Å². The molecule has 1 aliphatic rings. The highest BCUT2D eigenvalue weighted by molar-refractivity contribution is 7.92. The molecule has 6 nitrogen and oxygen atoms in total. The molecule has 7 heteroatoms. The molecule has 1 heterocycles. The molecule has 1 saturated heterocycles. The standard InChI is InChI=1S/C19H31N3O3S/c1-6-20-18(21-14-19(3,4)26(5,23)24)22-11-12-25-17(13-22)16-10-8-7-9-15(16)2/h7-10,17H,6,11-14H2,1-5H3,(H,20,21). The molecule has 1 aliphatic heterocycles. The second-order valence-electron chi connectivity index (χ2n) is 7.36. The molecule has 0 bridgehead atoms. The van der Waals surface area contributed by atoms with Crippen LogP contribution < -0.4 is 5.32 Å². The number of morpholine rings is 1. The Hall–Kier alpha value is -1.60. The van der Waals surface area contributed by atoms with E-state index >= 15 is 0 Å². The van der Waals surface area contributed by atoms with Crippen molar-refractivity contribution >= 4 is 15.8 Å². The maximum atomic E-state index is 12.0. The lowest BCUT2D eigenvalue weighted by Gasteiger charge is -2.36. The summed E-state index contributed by atoms with van der Waals surface area (Å²) in [6, 6.07) is 8.24. The van der Waals surface area contributed by atoms with Gasteiger partial charge in [-0.25, -0.2) is 8.42 Å². The van der Waals surface area contributed by atoms with Crippen LogP contribution in [-0.2, 0) is 14.6 Å². The highest BCUT2D eigenvalue weighted by Gasteiger charge is 2.31. The van der Waals surface area contributed by atoms with Crippen LogP contribution in [0.1, 0.15) is 38.0 Å². The lowest BCUT2D eigenvalue weighted by atomic mass is 10.0. The molecule has 2 rings (SSSR count). The van der Waals surface area contributed by atoms with Crippen LogP contribution in [0.2, 0.25) is 0 Å². The Bertz CT molecular complexity index is 744. The van der Waals surface area contributed by atoms with Crippen molar-refractivity contribution in [1.82, 2.24) is 10.2 Å².